The van der Waals surface area contributed by atoms with Crippen LogP contribution in [0.3, 0.4) is 0 Å². The molecule has 0 aromatic rings. The molecule has 0 aromatic heterocycles. The first kappa shape index (κ1) is 47.4. The molecule has 0 unspecified atom stereocenters. The average Bonchev–Trinajstić information content (AvgIpc) is 3.08. The Labute approximate surface area is 304 Å². The quantitative estimate of drug-likeness (QED) is 0.0364. The van der Waals surface area contributed by atoms with Gasteiger partial charge < -0.3 is 14.2 Å². The number of ether oxygens (including phenoxy) is 3. The summed E-state index contributed by atoms with van der Waals surface area (Å²) >= 11 is 0. The Kier molecular flexibility index (Phi) is 36.4. The Morgan fingerprint density at radius 2 is 0.673 bits per heavy atom. The summed E-state index contributed by atoms with van der Waals surface area (Å²) in [5, 5.41) is 0. The van der Waals surface area contributed by atoms with Crippen molar-refractivity contribution in [2.45, 2.75) is 239 Å². The minimum absolute atomic E-state index is 0.0647. The molecule has 6 heteroatoms. The number of rotatable bonds is 38. The lowest BCUT2D eigenvalue weighted by atomic mass is 10.0. The van der Waals surface area contributed by atoms with Gasteiger partial charge in [-0.15, -0.1) is 0 Å². The maximum absolute atomic E-state index is 12.6. The third kappa shape index (κ3) is 37.5. The van der Waals surface area contributed by atoms with Gasteiger partial charge in [0.2, 0.25) is 0 Å². The summed E-state index contributed by atoms with van der Waals surface area (Å²) < 4.78 is 16.6. The summed E-state index contributed by atoms with van der Waals surface area (Å²) in [6.07, 6.45) is 35.2. The van der Waals surface area contributed by atoms with Crippen LogP contribution in [0.25, 0.3) is 0 Å². The molecule has 0 rings (SSSR count). The highest BCUT2D eigenvalue weighted by Crippen LogP contribution is 2.16. The summed E-state index contributed by atoms with van der Waals surface area (Å²) in [4.78, 5) is 37.5. The zero-order valence-corrected chi connectivity index (χ0v) is 33.1. The van der Waals surface area contributed by atoms with Gasteiger partial charge >= 0.3 is 17.9 Å². The summed E-state index contributed by atoms with van der Waals surface area (Å²) in [6, 6.07) is 0. The fourth-order valence-electron chi connectivity index (χ4n) is 6.27. The maximum Gasteiger partial charge on any atom is 0.306 e. The molecule has 0 radical (unpaired) electrons. The molecule has 290 valence electrons. The smallest absolute Gasteiger partial charge is 0.306 e. The Morgan fingerprint density at radius 1 is 0.388 bits per heavy atom. The van der Waals surface area contributed by atoms with E-state index in [2.05, 4.69) is 27.7 Å². The van der Waals surface area contributed by atoms with E-state index in [1.54, 1.807) is 0 Å². The van der Waals surface area contributed by atoms with E-state index in [1.165, 1.54) is 128 Å². The SMILES string of the molecule is CCCCCCCCCCCCCC(=O)OC[C@@H](COC(=O)CCCCCCCCC)OC(=O)CCCCCCCCCCCCC(C)C. The van der Waals surface area contributed by atoms with Gasteiger partial charge in [-0.2, -0.15) is 0 Å². The van der Waals surface area contributed by atoms with E-state index >= 15 is 0 Å². The van der Waals surface area contributed by atoms with Crippen LogP contribution < -0.4 is 0 Å². The molecule has 49 heavy (non-hydrogen) atoms. The van der Waals surface area contributed by atoms with Crippen molar-refractivity contribution in [2.24, 2.45) is 5.92 Å². The van der Waals surface area contributed by atoms with Gasteiger partial charge in [0.1, 0.15) is 13.2 Å². The van der Waals surface area contributed by atoms with Gasteiger partial charge in [0.25, 0.3) is 0 Å². The van der Waals surface area contributed by atoms with Crippen molar-refractivity contribution >= 4 is 17.9 Å². The van der Waals surface area contributed by atoms with Crippen LogP contribution in [0.5, 0.6) is 0 Å². The molecule has 6 nitrogen and oxygen atoms in total. The van der Waals surface area contributed by atoms with Crippen molar-refractivity contribution in [3.05, 3.63) is 0 Å². The number of hydrogen-bond donors (Lipinski definition) is 0. The fourth-order valence-corrected chi connectivity index (χ4v) is 6.27. The molecular weight excluding hydrogens is 612 g/mol. The van der Waals surface area contributed by atoms with Crippen LogP contribution in [-0.2, 0) is 28.6 Å². The molecule has 0 saturated heterocycles. The van der Waals surface area contributed by atoms with Gasteiger partial charge in [0.05, 0.1) is 0 Å². The van der Waals surface area contributed by atoms with E-state index < -0.39 is 6.10 Å². The lowest BCUT2D eigenvalue weighted by Gasteiger charge is -2.18. The van der Waals surface area contributed by atoms with Crippen LogP contribution in [0.15, 0.2) is 0 Å². The molecule has 0 fully saturated rings. The molecule has 0 aliphatic rings. The Bertz CT molecular complexity index is 736. The van der Waals surface area contributed by atoms with Gasteiger partial charge in [-0.25, -0.2) is 0 Å². The van der Waals surface area contributed by atoms with Crippen molar-refractivity contribution in [3.8, 4) is 0 Å². The topological polar surface area (TPSA) is 78.9 Å². The van der Waals surface area contributed by atoms with Gasteiger partial charge in [-0.1, -0.05) is 195 Å². The first-order chi connectivity index (χ1) is 23.9. The van der Waals surface area contributed by atoms with Gasteiger partial charge in [0, 0.05) is 19.3 Å². The predicted octanol–water partition coefficient (Wildman–Crippen LogP) is 13.2. The number of hydrogen-bond acceptors (Lipinski definition) is 6. The zero-order valence-electron chi connectivity index (χ0n) is 33.1. The van der Waals surface area contributed by atoms with Crippen molar-refractivity contribution in [1.29, 1.82) is 0 Å². The molecule has 0 bridgehead atoms. The van der Waals surface area contributed by atoms with Crippen molar-refractivity contribution in [2.75, 3.05) is 13.2 Å². The monoisotopic (exact) mass is 695 g/mol. The Balaban J connectivity index is 4.30. The molecule has 0 heterocycles. The number of esters is 3. The molecule has 1 atom stereocenters. The van der Waals surface area contributed by atoms with E-state index in [4.69, 9.17) is 14.2 Å². The number of unbranched alkanes of at least 4 members (excludes halogenated alkanes) is 25. The summed E-state index contributed by atoms with van der Waals surface area (Å²) in [7, 11) is 0. The molecule has 0 N–H and O–H groups in total. The highest BCUT2D eigenvalue weighted by atomic mass is 16.6. The highest BCUT2D eigenvalue weighted by Gasteiger charge is 2.19. The zero-order chi connectivity index (χ0) is 36.0. The standard InChI is InChI=1S/C43H82O6/c1-5-7-9-11-13-14-15-19-23-27-31-35-42(45)48-38-40(37-47-41(44)34-30-26-21-12-10-8-6-2)49-43(46)36-32-28-24-20-17-16-18-22-25-29-33-39(3)4/h39-40H,5-38H2,1-4H3/t40-/m1/s1. The predicted molar refractivity (Wildman–Crippen MR) is 206 cm³/mol. The van der Waals surface area contributed by atoms with Crippen molar-refractivity contribution < 1.29 is 28.6 Å². The second-order valence-electron chi connectivity index (χ2n) is 15.1. The van der Waals surface area contributed by atoms with Gasteiger partial charge in [-0.3, -0.25) is 14.4 Å². The summed E-state index contributed by atoms with van der Waals surface area (Å²) in [5.41, 5.74) is 0. The van der Waals surface area contributed by atoms with Gasteiger partial charge in [0.15, 0.2) is 6.10 Å². The molecule has 0 aliphatic heterocycles. The van der Waals surface area contributed by atoms with E-state index in [9.17, 15) is 14.4 Å². The van der Waals surface area contributed by atoms with Crippen LogP contribution in [0.4, 0.5) is 0 Å². The van der Waals surface area contributed by atoms with E-state index in [1.807, 2.05) is 0 Å². The number of carbonyl (C=O) groups is 3. The second-order valence-corrected chi connectivity index (χ2v) is 15.1. The minimum atomic E-state index is -0.757. The minimum Gasteiger partial charge on any atom is -0.462 e. The first-order valence-corrected chi connectivity index (χ1v) is 21.4. The fraction of sp³-hybridized carbons (Fsp3) is 0.930. The summed E-state index contributed by atoms with van der Waals surface area (Å²) in [5.74, 6) is -0.0491. The maximum atomic E-state index is 12.6. The second kappa shape index (κ2) is 37.7. The van der Waals surface area contributed by atoms with Crippen LogP contribution in [-0.4, -0.2) is 37.2 Å². The normalized spacial score (nSPS) is 11.9. The van der Waals surface area contributed by atoms with Crippen LogP contribution in [0, 0.1) is 5.92 Å². The molecule has 0 aromatic carbocycles. The average molecular weight is 695 g/mol. The van der Waals surface area contributed by atoms with E-state index in [0.717, 1.165) is 63.7 Å². The third-order valence-corrected chi connectivity index (χ3v) is 9.54. The van der Waals surface area contributed by atoms with Crippen molar-refractivity contribution in [3.63, 3.8) is 0 Å². The van der Waals surface area contributed by atoms with Crippen LogP contribution in [0.2, 0.25) is 0 Å². The van der Waals surface area contributed by atoms with E-state index in [-0.39, 0.29) is 31.1 Å². The lowest BCUT2D eigenvalue weighted by molar-refractivity contribution is -0.167. The third-order valence-electron chi connectivity index (χ3n) is 9.54. The van der Waals surface area contributed by atoms with Crippen molar-refractivity contribution in [1.82, 2.24) is 0 Å². The van der Waals surface area contributed by atoms with Gasteiger partial charge in [-0.05, 0) is 25.2 Å². The Morgan fingerprint density at radius 3 is 1.00 bits per heavy atom. The number of carbonyl (C=O) groups excluding carboxylic acids is 3. The summed E-state index contributed by atoms with van der Waals surface area (Å²) in [6.45, 7) is 8.92. The molecular formula is C43H82O6. The first-order valence-electron chi connectivity index (χ1n) is 21.4. The molecule has 0 saturated carbocycles. The molecule has 0 amide bonds. The van der Waals surface area contributed by atoms with Crippen LogP contribution in [0.1, 0.15) is 233 Å². The molecule has 0 aliphatic carbocycles. The largest absolute Gasteiger partial charge is 0.462 e. The Hall–Kier alpha value is -1.59. The highest BCUT2D eigenvalue weighted by molar-refractivity contribution is 5.71. The lowest BCUT2D eigenvalue weighted by Crippen LogP contribution is -2.30. The van der Waals surface area contributed by atoms with E-state index in [0.29, 0.717) is 19.3 Å². The van der Waals surface area contributed by atoms with Crippen LogP contribution >= 0.6 is 0 Å². The molecule has 0 spiro atoms.